The highest BCUT2D eigenvalue weighted by molar-refractivity contribution is 5.84. The molecule has 1 aliphatic heterocycles. The Labute approximate surface area is 119 Å². The van der Waals surface area contributed by atoms with Crippen molar-refractivity contribution >= 4 is 11.9 Å². The summed E-state index contributed by atoms with van der Waals surface area (Å²) in [5.41, 5.74) is -1.03. The first-order chi connectivity index (χ1) is 9.42. The summed E-state index contributed by atoms with van der Waals surface area (Å²) in [6.45, 7) is 5.59. The number of carboxylic acid groups (broad SMARTS) is 1. The molecular formula is C14H25NO5. The Kier molecular flexibility index (Phi) is 6.95. The van der Waals surface area contributed by atoms with Crippen LogP contribution in [0.15, 0.2) is 0 Å². The third-order valence-electron chi connectivity index (χ3n) is 3.30. The molecule has 1 saturated heterocycles. The average molecular weight is 287 g/mol. The lowest BCUT2D eigenvalue weighted by Crippen LogP contribution is -2.34. The Morgan fingerprint density at radius 3 is 2.80 bits per heavy atom. The molecular weight excluding hydrogens is 262 g/mol. The van der Waals surface area contributed by atoms with Gasteiger partial charge in [0.25, 0.3) is 0 Å². The number of ether oxygens (including phenoxy) is 2. The van der Waals surface area contributed by atoms with E-state index in [0.29, 0.717) is 26.2 Å². The number of rotatable bonds is 9. The largest absolute Gasteiger partial charge is 0.481 e. The van der Waals surface area contributed by atoms with Crippen molar-refractivity contribution in [3.8, 4) is 0 Å². The fraction of sp³-hybridized carbons (Fsp3) is 0.857. The number of hydrogen-bond acceptors (Lipinski definition) is 4. The Hall–Kier alpha value is -1.14. The summed E-state index contributed by atoms with van der Waals surface area (Å²) in [5, 5.41) is 11.6. The molecule has 0 aromatic carbocycles. The van der Waals surface area contributed by atoms with Crippen LogP contribution < -0.4 is 5.32 Å². The highest BCUT2D eigenvalue weighted by Gasteiger charge is 2.29. The third kappa shape index (κ3) is 6.34. The Morgan fingerprint density at radius 1 is 1.45 bits per heavy atom. The van der Waals surface area contributed by atoms with E-state index >= 15 is 0 Å². The molecule has 0 radical (unpaired) electrons. The molecule has 1 atom stereocenters. The first-order valence-electron chi connectivity index (χ1n) is 7.11. The van der Waals surface area contributed by atoms with Crippen LogP contribution in [0.2, 0.25) is 0 Å². The number of amides is 1. The molecule has 6 nitrogen and oxygen atoms in total. The average Bonchev–Trinajstić information content (AvgIpc) is 2.85. The van der Waals surface area contributed by atoms with Crippen LogP contribution in [0.3, 0.4) is 0 Å². The van der Waals surface area contributed by atoms with Gasteiger partial charge < -0.3 is 19.9 Å². The van der Waals surface area contributed by atoms with Crippen molar-refractivity contribution in [2.24, 2.45) is 5.41 Å². The van der Waals surface area contributed by atoms with Crippen LogP contribution in [-0.4, -0.2) is 49.5 Å². The second-order valence-corrected chi connectivity index (χ2v) is 5.78. The summed E-state index contributed by atoms with van der Waals surface area (Å²) in [5.74, 6) is -1.20. The molecule has 0 aromatic heterocycles. The van der Waals surface area contributed by atoms with Gasteiger partial charge in [0.05, 0.1) is 18.1 Å². The van der Waals surface area contributed by atoms with Crippen LogP contribution in [0.25, 0.3) is 0 Å². The van der Waals surface area contributed by atoms with Crippen LogP contribution in [0.5, 0.6) is 0 Å². The number of nitrogens with one attached hydrogen (secondary N) is 1. The van der Waals surface area contributed by atoms with Crippen LogP contribution in [0, 0.1) is 5.41 Å². The standard InChI is InChI=1S/C14H25NO5/c1-14(2,13(17)18)9-12(16)15-6-4-7-19-10-11-5-3-8-20-11/h11H,3-10H2,1-2H3,(H,15,16)(H,17,18). The van der Waals surface area contributed by atoms with Crippen molar-refractivity contribution in [3.05, 3.63) is 0 Å². The van der Waals surface area contributed by atoms with Gasteiger partial charge in [0.15, 0.2) is 0 Å². The molecule has 1 aliphatic rings. The SMILES string of the molecule is CC(C)(CC(=O)NCCCOCC1CCCO1)C(=O)O. The van der Waals surface area contributed by atoms with Crippen molar-refractivity contribution in [2.75, 3.05) is 26.4 Å². The van der Waals surface area contributed by atoms with Crippen LogP contribution in [-0.2, 0) is 19.1 Å². The summed E-state index contributed by atoms with van der Waals surface area (Å²) in [6.07, 6.45) is 3.08. The molecule has 0 aromatic rings. The molecule has 116 valence electrons. The van der Waals surface area contributed by atoms with Gasteiger partial charge in [-0.15, -0.1) is 0 Å². The fourth-order valence-corrected chi connectivity index (χ4v) is 1.93. The number of carboxylic acids is 1. The van der Waals surface area contributed by atoms with Gasteiger partial charge in [-0.1, -0.05) is 0 Å². The van der Waals surface area contributed by atoms with Gasteiger partial charge in [-0.05, 0) is 33.1 Å². The van der Waals surface area contributed by atoms with E-state index in [9.17, 15) is 9.59 Å². The molecule has 0 bridgehead atoms. The normalized spacial score (nSPS) is 19.0. The van der Waals surface area contributed by atoms with E-state index in [0.717, 1.165) is 19.4 Å². The molecule has 0 aliphatic carbocycles. The predicted molar refractivity (Wildman–Crippen MR) is 73.5 cm³/mol. The first-order valence-corrected chi connectivity index (χ1v) is 7.11. The van der Waals surface area contributed by atoms with Crippen molar-refractivity contribution in [3.63, 3.8) is 0 Å². The van der Waals surface area contributed by atoms with Crippen molar-refractivity contribution in [2.45, 2.75) is 45.6 Å². The lowest BCUT2D eigenvalue weighted by atomic mass is 9.89. The Balaban J connectivity index is 2.00. The Bertz CT molecular complexity index is 324. The molecule has 1 unspecified atom stereocenters. The summed E-state index contributed by atoms with van der Waals surface area (Å²) < 4.78 is 10.9. The number of aliphatic carboxylic acids is 1. The molecule has 1 rings (SSSR count). The zero-order valence-electron chi connectivity index (χ0n) is 12.3. The second-order valence-electron chi connectivity index (χ2n) is 5.78. The van der Waals surface area contributed by atoms with Gasteiger partial charge in [0.2, 0.25) is 5.91 Å². The monoisotopic (exact) mass is 287 g/mol. The lowest BCUT2D eigenvalue weighted by molar-refractivity contribution is -0.149. The third-order valence-corrected chi connectivity index (χ3v) is 3.30. The van der Waals surface area contributed by atoms with Gasteiger partial charge in [0, 0.05) is 26.2 Å². The van der Waals surface area contributed by atoms with Crippen molar-refractivity contribution in [1.29, 1.82) is 0 Å². The van der Waals surface area contributed by atoms with Crippen LogP contribution in [0.1, 0.15) is 39.5 Å². The van der Waals surface area contributed by atoms with E-state index in [1.807, 2.05) is 0 Å². The van der Waals surface area contributed by atoms with Gasteiger partial charge >= 0.3 is 5.97 Å². The maximum atomic E-state index is 11.6. The van der Waals surface area contributed by atoms with Gasteiger partial charge in [-0.3, -0.25) is 9.59 Å². The molecule has 1 amide bonds. The smallest absolute Gasteiger partial charge is 0.309 e. The van der Waals surface area contributed by atoms with Gasteiger partial charge in [-0.2, -0.15) is 0 Å². The van der Waals surface area contributed by atoms with E-state index in [1.165, 1.54) is 0 Å². The topological polar surface area (TPSA) is 84.9 Å². The molecule has 2 N–H and O–H groups in total. The summed E-state index contributed by atoms with van der Waals surface area (Å²) in [4.78, 5) is 22.5. The van der Waals surface area contributed by atoms with E-state index in [1.54, 1.807) is 13.8 Å². The molecule has 6 heteroatoms. The minimum atomic E-state index is -1.03. The molecule has 0 saturated carbocycles. The van der Waals surface area contributed by atoms with Crippen molar-refractivity contribution < 1.29 is 24.2 Å². The van der Waals surface area contributed by atoms with E-state index in [-0.39, 0.29) is 18.4 Å². The zero-order chi connectivity index (χ0) is 15.0. The second kappa shape index (κ2) is 8.21. The summed E-state index contributed by atoms with van der Waals surface area (Å²) in [7, 11) is 0. The van der Waals surface area contributed by atoms with Gasteiger partial charge in [0.1, 0.15) is 0 Å². The predicted octanol–water partition coefficient (Wildman–Crippen LogP) is 1.19. The zero-order valence-corrected chi connectivity index (χ0v) is 12.3. The number of hydrogen-bond donors (Lipinski definition) is 2. The van der Waals surface area contributed by atoms with Crippen LogP contribution in [0.4, 0.5) is 0 Å². The highest BCUT2D eigenvalue weighted by atomic mass is 16.5. The quantitative estimate of drug-likeness (QED) is 0.622. The number of carbonyl (C=O) groups excluding carboxylic acids is 1. The lowest BCUT2D eigenvalue weighted by Gasteiger charge is -2.18. The summed E-state index contributed by atoms with van der Waals surface area (Å²) >= 11 is 0. The number of carbonyl (C=O) groups is 2. The Morgan fingerprint density at radius 2 is 2.20 bits per heavy atom. The minimum absolute atomic E-state index is 0.0148. The van der Waals surface area contributed by atoms with Gasteiger partial charge in [-0.25, -0.2) is 0 Å². The summed E-state index contributed by atoms with van der Waals surface area (Å²) in [6, 6.07) is 0. The van der Waals surface area contributed by atoms with E-state index in [4.69, 9.17) is 14.6 Å². The molecule has 20 heavy (non-hydrogen) atoms. The molecule has 0 spiro atoms. The maximum Gasteiger partial charge on any atom is 0.309 e. The highest BCUT2D eigenvalue weighted by Crippen LogP contribution is 2.19. The molecule has 1 heterocycles. The van der Waals surface area contributed by atoms with E-state index in [2.05, 4.69) is 5.32 Å². The first kappa shape index (κ1) is 16.9. The van der Waals surface area contributed by atoms with Crippen LogP contribution >= 0.6 is 0 Å². The van der Waals surface area contributed by atoms with Crippen molar-refractivity contribution in [1.82, 2.24) is 5.32 Å². The fourth-order valence-electron chi connectivity index (χ4n) is 1.93. The minimum Gasteiger partial charge on any atom is -0.481 e. The van der Waals surface area contributed by atoms with E-state index < -0.39 is 11.4 Å². The maximum absolute atomic E-state index is 11.6. The molecule has 1 fully saturated rings.